The molecule has 0 atom stereocenters. The maximum absolute atomic E-state index is 10.4. The lowest BCUT2D eigenvalue weighted by molar-refractivity contribution is 0.0650. The smallest absolute Gasteiger partial charge is 0.392 e. The van der Waals surface area contributed by atoms with Crippen molar-refractivity contribution in [3.63, 3.8) is 0 Å². The second kappa shape index (κ2) is 2.62. The Morgan fingerprint density at radius 3 is 2.83 bits per heavy atom. The molecule has 1 aliphatic carbocycles. The van der Waals surface area contributed by atoms with Crippen LogP contribution >= 0.6 is 0 Å². The second-order valence-electron chi connectivity index (χ2n) is 3.00. The Bertz CT molecular complexity index is 301. The lowest BCUT2D eigenvalue weighted by Gasteiger charge is -2.21. The molecule has 1 saturated carbocycles. The van der Waals surface area contributed by atoms with Crippen LogP contribution in [-0.2, 0) is 0 Å². The molecule has 1 aromatic rings. The Balaban J connectivity index is 2.17. The van der Waals surface area contributed by atoms with Crippen molar-refractivity contribution < 1.29 is 14.3 Å². The summed E-state index contributed by atoms with van der Waals surface area (Å²) in [6.45, 7) is 0. The molecule has 0 amide bonds. The van der Waals surface area contributed by atoms with Crippen molar-refractivity contribution in [2.75, 3.05) is 0 Å². The Labute approximate surface area is 69.2 Å². The number of carbonyl (C=O) groups is 1. The quantitative estimate of drug-likeness (QED) is 0.727. The van der Waals surface area contributed by atoms with Crippen LogP contribution in [0.2, 0.25) is 0 Å². The topological polar surface area (TPSA) is 63.3 Å². The number of hydrogen-bond acceptors (Lipinski definition) is 3. The molecule has 0 saturated heterocycles. The van der Waals surface area contributed by atoms with Crippen LogP contribution in [0.3, 0.4) is 0 Å². The fourth-order valence-electron chi connectivity index (χ4n) is 1.27. The van der Waals surface area contributed by atoms with Gasteiger partial charge in [-0.1, -0.05) is 6.42 Å². The van der Waals surface area contributed by atoms with Crippen LogP contribution in [0.4, 0.5) is 0 Å². The van der Waals surface area contributed by atoms with Crippen molar-refractivity contribution in [1.82, 2.24) is 4.98 Å². The lowest BCUT2D eigenvalue weighted by Crippen LogP contribution is -2.07. The van der Waals surface area contributed by atoms with E-state index in [1.807, 2.05) is 0 Å². The van der Waals surface area contributed by atoms with E-state index >= 15 is 0 Å². The van der Waals surface area contributed by atoms with Gasteiger partial charge < -0.3 is 9.52 Å². The molecule has 0 radical (unpaired) electrons. The summed E-state index contributed by atoms with van der Waals surface area (Å²) < 4.78 is 5.04. The SMILES string of the molecule is O=C(O)c1ncc(C2CCC2)o1. The number of aromatic carboxylic acids is 1. The fraction of sp³-hybridized carbons (Fsp3) is 0.500. The summed E-state index contributed by atoms with van der Waals surface area (Å²) in [5.41, 5.74) is 0. The van der Waals surface area contributed by atoms with Crippen LogP contribution in [0.1, 0.15) is 41.6 Å². The highest BCUT2D eigenvalue weighted by Gasteiger charge is 2.24. The van der Waals surface area contributed by atoms with Gasteiger partial charge in [0.1, 0.15) is 5.76 Å². The summed E-state index contributed by atoms with van der Waals surface area (Å²) in [5, 5.41) is 8.51. The van der Waals surface area contributed by atoms with E-state index in [0.29, 0.717) is 5.92 Å². The lowest BCUT2D eigenvalue weighted by atomic mass is 9.84. The highest BCUT2D eigenvalue weighted by molar-refractivity contribution is 5.81. The molecule has 1 N–H and O–H groups in total. The number of aromatic nitrogens is 1. The van der Waals surface area contributed by atoms with E-state index in [0.717, 1.165) is 18.6 Å². The van der Waals surface area contributed by atoms with Crippen LogP contribution < -0.4 is 0 Å². The zero-order chi connectivity index (χ0) is 8.55. The molecule has 1 aromatic heterocycles. The Morgan fingerprint density at radius 2 is 2.42 bits per heavy atom. The van der Waals surface area contributed by atoms with Gasteiger partial charge in [-0.3, -0.25) is 0 Å². The minimum Gasteiger partial charge on any atom is -0.474 e. The summed E-state index contributed by atoms with van der Waals surface area (Å²) in [4.78, 5) is 14.0. The van der Waals surface area contributed by atoms with E-state index in [-0.39, 0.29) is 5.89 Å². The first kappa shape index (κ1) is 7.34. The van der Waals surface area contributed by atoms with Crippen LogP contribution in [0, 0.1) is 0 Å². The average molecular weight is 167 g/mol. The molecule has 4 heteroatoms. The molecule has 1 heterocycles. The molecule has 4 nitrogen and oxygen atoms in total. The van der Waals surface area contributed by atoms with E-state index in [2.05, 4.69) is 4.98 Å². The third-order valence-electron chi connectivity index (χ3n) is 2.21. The molecule has 1 fully saturated rings. The van der Waals surface area contributed by atoms with Crippen LogP contribution in [0.15, 0.2) is 10.6 Å². The van der Waals surface area contributed by atoms with Crippen molar-refractivity contribution in [3.05, 3.63) is 17.8 Å². The summed E-state index contributed by atoms with van der Waals surface area (Å²) in [7, 11) is 0. The molecule has 0 spiro atoms. The van der Waals surface area contributed by atoms with Crippen molar-refractivity contribution >= 4 is 5.97 Å². The molecular formula is C8H9NO3. The van der Waals surface area contributed by atoms with Crippen molar-refractivity contribution in [2.24, 2.45) is 0 Å². The monoisotopic (exact) mass is 167 g/mol. The van der Waals surface area contributed by atoms with Crippen LogP contribution in [-0.4, -0.2) is 16.1 Å². The maximum atomic E-state index is 10.4. The predicted molar refractivity (Wildman–Crippen MR) is 40.1 cm³/mol. The van der Waals surface area contributed by atoms with Gasteiger partial charge in [0.05, 0.1) is 6.20 Å². The van der Waals surface area contributed by atoms with Gasteiger partial charge in [-0.05, 0) is 12.8 Å². The summed E-state index contributed by atoms with van der Waals surface area (Å²) in [6, 6.07) is 0. The van der Waals surface area contributed by atoms with Crippen molar-refractivity contribution in [1.29, 1.82) is 0 Å². The first-order chi connectivity index (χ1) is 5.77. The van der Waals surface area contributed by atoms with Gasteiger partial charge in [0, 0.05) is 5.92 Å². The molecule has 0 bridgehead atoms. The Kier molecular flexibility index (Phi) is 1.60. The Morgan fingerprint density at radius 1 is 1.67 bits per heavy atom. The number of oxazole rings is 1. The molecule has 0 aliphatic heterocycles. The first-order valence-electron chi connectivity index (χ1n) is 3.96. The zero-order valence-corrected chi connectivity index (χ0v) is 6.49. The van der Waals surface area contributed by atoms with Crippen LogP contribution in [0.25, 0.3) is 0 Å². The summed E-state index contributed by atoms with van der Waals surface area (Å²) >= 11 is 0. The number of carboxylic acids is 1. The van der Waals surface area contributed by atoms with E-state index in [9.17, 15) is 4.79 Å². The number of carboxylic acid groups (broad SMARTS) is 1. The van der Waals surface area contributed by atoms with Gasteiger partial charge in [0.15, 0.2) is 0 Å². The van der Waals surface area contributed by atoms with Crippen molar-refractivity contribution in [2.45, 2.75) is 25.2 Å². The first-order valence-corrected chi connectivity index (χ1v) is 3.96. The molecular weight excluding hydrogens is 158 g/mol. The minimum atomic E-state index is -1.10. The van der Waals surface area contributed by atoms with E-state index in [4.69, 9.17) is 9.52 Å². The van der Waals surface area contributed by atoms with E-state index < -0.39 is 5.97 Å². The largest absolute Gasteiger partial charge is 0.474 e. The van der Waals surface area contributed by atoms with Gasteiger partial charge >= 0.3 is 11.9 Å². The number of rotatable bonds is 2. The highest BCUT2D eigenvalue weighted by Crippen LogP contribution is 2.36. The molecule has 2 rings (SSSR count). The number of nitrogens with zero attached hydrogens (tertiary/aromatic N) is 1. The molecule has 64 valence electrons. The van der Waals surface area contributed by atoms with Gasteiger partial charge in [-0.2, -0.15) is 0 Å². The zero-order valence-electron chi connectivity index (χ0n) is 6.49. The normalized spacial score (nSPS) is 17.3. The minimum absolute atomic E-state index is 0.197. The molecule has 0 unspecified atom stereocenters. The number of hydrogen-bond donors (Lipinski definition) is 1. The highest BCUT2D eigenvalue weighted by atomic mass is 16.4. The van der Waals surface area contributed by atoms with E-state index in [1.54, 1.807) is 0 Å². The summed E-state index contributed by atoms with van der Waals surface area (Å²) in [5.74, 6) is -0.165. The maximum Gasteiger partial charge on any atom is 0.392 e. The third kappa shape index (κ3) is 1.09. The third-order valence-corrected chi connectivity index (χ3v) is 2.21. The predicted octanol–water partition coefficient (Wildman–Crippen LogP) is 1.64. The molecule has 0 aromatic carbocycles. The average Bonchev–Trinajstić information content (AvgIpc) is 2.32. The van der Waals surface area contributed by atoms with Gasteiger partial charge in [-0.25, -0.2) is 9.78 Å². The Hall–Kier alpha value is -1.32. The fourth-order valence-corrected chi connectivity index (χ4v) is 1.27. The second-order valence-corrected chi connectivity index (χ2v) is 3.00. The molecule has 12 heavy (non-hydrogen) atoms. The van der Waals surface area contributed by atoms with Crippen LogP contribution in [0.5, 0.6) is 0 Å². The van der Waals surface area contributed by atoms with Crippen molar-refractivity contribution in [3.8, 4) is 0 Å². The van der Waals surface area contributed by atoms with Gasteiger partial charge in [-0.15, -0.1) is 0 Å². The molecule has 1 aliphatic rings. The standard InChI is InChI=1S/C8H9NO3/c10-8(11)7-9-4-6(12-7)5-2-1-3-5/h4-5H,1-3H2,(H,10,11). The summed E-state index contributed by atoms with van der Waals surface area (Å²) in [6.07, 6.45) is 4.91. The van der Waals surface area contributed by atoms with E-state index in [1.165, 1.54) is 12.6 Å². The van der Waals surface area contributed by atoms with Gasteiger partial charge in [0.2, 0.25) is 0 Å². The van der Waals surface area contributed by atoms with Gasteiger partial charge in [0.25, 0.3) is 0 Å².